The molecule has 0 aromatic carbocycles. The molecule has 2 bridgehead atoms. The van der Waals surface area contributed by atoms with E-state index in [1.807, 2.05) is 13.8 Å². The molecule has 4 atom stereocenters. The highest BCUT2D eigenvalue weighted by atomic mass is 16.3. The number of aliphatic hydroxyl groups excluding tert-OH is 1. The van der Waals surface area contributed by atoms with Crippen molar-refractivity contribution >= 4 is 0 Å². The summed E-state index contributed by atoms with van der Waals surface area (Å²) < 4.78 is 22.6. The Morgan fingerprint density at radius 3 is 2.31 bits per heavy atom. The van der Waals surface area contributed by atoms with E-state index in [-0.39, 0.29) is 17.8 Å². The number of hydrogen-bond acceptors (Lipinski definition) is 2. The molecule has 0 aliphatic heterocycles. The first-order valence-corrected chi connectivity index (χ1v) is 4.89. The standard InChI is InChI=1S/C11H20O2/c1-9(2)7-5-8(12)11(9,4)10(3,13)6-7/h7-8,12-13H,5-6H2,1-4H3/t7-,8+,10-,11-/m0/s1/i3D3. The summed E-state index contributed by atoms with van der Waals surface area (Å²) in [5.41, 5.74) is -3.04. The largest absolute Gasteiger partial charge is 0.392 e. The molecule has 2 aliphatic rings. The predicted octanol–water partition coefficient (Wildman–Crippen LogP) is 1.55. The summed E-state index contributed by atoms with van der Waals surface area (Å²) in [7, 11) is 0. The van der Waals surface area contributed by atoms with Crippen molar-refractivity contribution < 1.29 is 14.3 Å². The van der Waals surface area contributed by atoms with Crippen LogP contribution >= 0.6 is 0 Å². The zero-order chi connectivity index (χ0) is 12.6. The van der Waals surface area contributed by atoms with Crippen LogP contribution in [0, 0.1) is 16.7 Å². The Kier molecular flexibility index (Phi) is 1.04. The maximum atomic E-state index is 10.6. The van der Waals surface area contributed by atoms with E-state index in [1.165, 1.54) is 0 Å². The second kappa shape index (κ2) is 2.12. The maximum Gasteiger partial charge on any atom is 0.0705 e. The molecule has 0 saturated heterocycles. The zero-order valence-corrected chi connectivity index (χ0v) is 8.46. The van der Waals surface area contributed by atoms with Crippen LogP contribution in [0.5, 0.6) is 0 Å². The molecule has 0 aromatic heterocycles. The first-order valence-electron chi connectivity index (χ1n) is 6.39. The molecule has 0 unspecified atom stereocenters. The maximum absolute atomic E-state index is 10.6. The first kappa shape index (κ1) is 6.41. The van der Waals surface area contributed by atoms with Gasteiger partial charge in [0.25, 0.3) is 0 Å². The summed E-state index contributed by atoms with van der Waals surface area (Å²) in [6.45, 7) is 3.20. The summed E-state index contributed by atoms with van der Waals surface area (Å²) in [6.07, 6.45) is 0.137. The van der Waals surface area contributed by atoms with Gasteiger partial charge in [-0.1, -0.05) is 20.8 Å². The van der Waals surface area contributed by atoms with E-state index in [9.17, 15) is 10.2 Å². The fourth-order valence-corrected chi connectivity index (χ4v) is 3.37. The van der Waals surface area contributed by atoms with Crippen molar-refractivity contribution in [3.05, 3.63) is 0 Å². The van der Waals surface area contributed by atoms with Crippen molar-refractivity contribution in [3.8, 4) is 0 Å². The van der Waals surface area contributed by atoms with Crippen LogP contribution in [-0.4, -0.2) is 21.9 Å². The summed E-state index contributed by atoms with van der Waals surface area (Å²) in [5.74, 6) is 0.0814. The summed E-state index contributed by atoms with van der Waals surface area (Å²) in [6, 6.07) is 0. The Balaban J connectivity index is 2.57. The third kappa shape index (κ3) is 0.774. The average Bonchev–Trinajstić information content (AvgIpc) is 2.34. The van der Waals surface area contributed by atoms with E-state index in [2.05, 4.69) is 0 Å². The van der Waals surface area contributed by atoms with Crippen LogP contribution in [0.3, 0.4) is 0 Å². The second-order valence-corrected chi connectivity index (χ2v) is 5.44. The van der Waals surface area contributed by atoms with Gasteiger partial charge in [0.15, 0.2) is 0 Å². The molecule has 2 N–H and O–H groups in total. The number of aliphatic hydroxyl groups is 2. The highest BCUT2D eigenvalue weighted by Crippen LogP contribution is 2.69. The minimum Gasteiger partial charge on any atom is -0.392 e. The zero-order valence-electron chi connectivity index (χ0n) is 11.5. The van der Waals surface area contributed by atoms with Crippen LogP contribution in [0.1, 0.15) is 44.6 Å². The molecule has 2 heteroatoms. The quantitative estimate of drug-likeness (QED) is 0.604. The Hall–Kier alpha value is -0.0800. The van der Waals surface area contributed by atoms with Gasteiger partial charge in [0, 0.05) is 9.53 Å². The van der Waals surface area contributed by atoms with E-state index in [0.29, 0.717) is 6.42 Å². The molecule has 0 heterocycles. The third-order valence-electron chi connectivity index (χ3n) is 4.93. The summed E-state index contributed by atoms with van der Waals surface area (Å²) in [4.78, 5) is 0. The van der Waals surface area contributed by atoms with Crippen LogP contribution in [0.2, 0.25) is 0 Å². The topological polar surface area (TPSA) is 40.5 Å². The summed E-state index contributed by atoms with van der Waals surface area (Å²) >= 11 is 0. The van der Waals surface area contributed by atoms with Crippen molar-refractivity contribution in [2.75, 3.05) is 0 Å². The predicted molar refractivity (Wildman–Crippen MR) is 51.2 cm³/mol. The summed E-state index contributed by atoms with van der Waals surface area (Å²) in [5, 5.41) is 20.7. The van der Waals surface area contributed by atoms with E-state index in [0.717, 1.165) is 0 Å². The second-order valence-electron chi connectivity index (χ2n) is 5.44. The fraction of sp³-hybridized carbons (Fsp3) is 1.00. The van der Waals surface area contributed by atoms with Crippen LogP contribution in [0.15, 0.2) is 0 Å². The van der Waals surface area contributed by atoms with Gasteiger partial charge in [-0.2, -0.15) is 0 Å². The van der Waals surface area contributed by atoms with E-state index >= 15 is 0 Å². The Morgan fingerprint density at radius 1 is 1.38 bits per heavy atom. The van der Waals surface area contributed by atoms with Gasteiger partial charge in [0.1, 0.15) is 0 Å². The lowest BCUT2D eigenvalue weighted by molar-refractivity contribution is -0.133. The monoisotopic (exact) mass is 187 g/mol. The molecule has 76 valence electrons. The van der Waals surface area contributed by atoms with Crippen LogP contribution < -0.4 is 0 Å². The van der Waals surface area contributed by atoms with E-state index in [1.54, 1.807) is 6.92 Å². The lowest BCUT2D eigenvalue weighted by Gasteiger charge is -2.45. The molecular weight excluding hydrogens is 164 g/mol. The molecule has 0 amide bonds. The Bertz CT molecular complexity index is 326. The van der Waals surface area contributed by atoms with Gasteiger partial charge >= 0.3 is 0 Å². The number of rotatable bonds is 0. The molecule has 2 aliphatic carbocycles. The van der Waals surface area contributed by atoms with E-state index < -0.39 is 24.0 Å². The molecule has 0 spiro atoms. The average molecular weight is 187 g/mol. The van der Waals surface area contributed by atoms with Crippen molar-refractivity contribution in [1.82, 2.24) is 0 Å². The lowest BCUT2D eigenvalue weighted by Crippen LogP contribution is -2.51. The van der Waals surface area contributed by atoms with Crippen LogP contribution in [0.4, 0.5) is 0 Å². The van der Waals surface area contributed by atoms with Crippen molar-refractivity contribution in [3.63, 3.8) is 0 Å². The van der Waals surface area contributed by atoms with Gasteiger partial charge in [0.2, 0.25) is 0 Å². The smallest absolute Gasteiger partial charge is 0.0705 e. The normalized spacial score (nSPS) is 63.0. The van der Waals surface area contributed by atoms with Gasteiger partial charge in [0.05, 0.1) is 11.7 Å². The highest BCUT2D eigenvalue weighted by molar-refractivity contribution is 5.19. The molecule has 13 heavy (non-hydrogen) atoms. The van der Waals surface area contributed by atoms with E-state index in [4.69, 9.17) is 4.11 Å². The Morgan fingerprint density at radius 2 is 2.00 bits per heavy atom. The molecule has 0 radical (unpaired) electrons. The molecule has 2 fully saturated rings. The van der Waals surface area contributed by atoms with Gasteiger partial charge in [-0.3, -0.25) is 0 Å². The Labute approximate surface area is 84.2 Å². The van der Waals surface area contributed by atoms with Gasteiger partial charge < -0.3 is 10.2 Å². The van der Waals surface area contributed by atoms with Crippen molar-refractivity contribution in [1.29, 1.82) is 0 Å². The SMILES string of the molecule is [2H]C([2H])([2H])[C@]1(O)C[C@@H]2C[C@@H](O)[C@@]1(C)C2(C)C. The third-order valence-corrected chi connectivity index (χ3v) is 4.93. The molecular formula is C11H20O2. The van der Waals surface area contributed by atoms with Gasteiger partial charge in [-0.15, -0.1) is 0 Å². The highest BCUT2D eigenvalue weighted by Gasteiger charge is 2.70. The minimum absolute atomic E-state index is 0.0814. The van der Waals surface area contributed by atoms with Crippen LogP contribution in [-0.2, 0) is 0 Å². The number of fused-ring (bicyclic) bond motifs is 2. The first-order chi connectivity index (χ1) is 6.98. The molecule has 0 aromatic rings. The molecule has 2 rings (SSSR count). The number of hydrogen-bond donors (Lipinski definition) is 2. The fourth-order valence-electron chi connectivity index (χ4n) is 3.37. The van der Waals surface area contributed by atoms with Gasteiger partial charge in [-0.05, 0) is 31.0 Å². The molecule has 2 nitrogen and oxygen atoms in total. The lowest BCUT2D eigenvalue weighted by atomic mass is 9.64. The van der Waals surface area contributed by atoms with Crippen molar-refractivity contribution in [2.24, 2.45) is 16.7 Å². The minimum atomic E-state index is -2.44. The van der Waals surface area contributed by atoms with Gasteiger partial charge in [-0.25, -0.2) is 0 Å². The molecule has 2 saturated carbocycles. The van der Waals surface area contributed by atoms with Crippen LogP contribution in [0.25, 0.3) is 0 Å². The van der Waals surface area contributed by atoms with Crippen molar-refractivity contribution in [2.45, 2.75) is 52.2 Å².